The van der Waals surface area contributed by atoms with Crippen molar-refractivity contribution in [1.29, 1.82) is 0 Å². The molecule has 0 amide bonds. The predicted octanol–water partition coefficient (Wildman–Crippen LogP) is 3.63. The first-order chi connectivity index (χ1) is 12.6. The number of fused-ring (bicyclic) bond motifs is 2. The molecule has 3 aromatic carbocycles. The van der Waals surface area contributed by atoms with Gasteiger partial charge in [-0.2, -0.15) is 0 Å². The number of hydrogen-bond donors (Lipinski definition) is 1. The van der Waals surface area contributed by atoms with Crippen molar-refractivity contribution in [2.45, 2.75) is 0 Å². The predicted molar refractivity (Wildman–Crippen MR) is 100 cm³/mol. The summed E-state index contributed by atoms with van der Waals surface area (Å²) in [6, 6.07) is 18.2. The van der Waals surface area contributed by atoms with E-state index in [-0.39, 0.29) is 5.56 Å². The molecule has 1 N–H and O–H groups in total. The first kappa shape index (κ1) is 16.4. The number of nitrogens with zero attached hydrogens (tertiary/aromatic N) is 2. The maximum Gasteiger partial charge on any atom is 0.337 e. The van der Waals surface area contributed by atoms with E-state index in [1.54, 1.807) is 12.1 Å². The third-order valence-electron chi connectivity index (χ3n) is 4.22. The molecule has 6 nitrogen and oxygen atoms in total. The van der Waals surface area contributed by atoms with Crippen molar-refractivity contribution in [2.75, 3.05) is 7.11 Å². The van der Waals surface area contributed by atoms with Gasteiger partial charge in [-0.3, -0.25) is 4.55 Å². The number of rotatable bonds is 3. The van der Waals surface area contributed by atoms with Crippen LogP contribution in [-0.4, -0.2) is 30.8 Å². The Morgan fingerprint density at radius 3 is 2.65 bits per heavy atom. The number of methoxy groups -OCH3 is 1. The molecule has 0 saturated heterocycles. The van der Waals surface area contributed by atoms with Crippen LogP contribution in [0.1, 0.15) is 10.4 Å². The number of carbonyl (C=O) groups is 1. The second-order valence-corrected chi connectivity index (χ2v) is 6.51. The summed E-state index contributed by atoms with van der Waals surface area (Å²) >= 11 is -2.35. The third kappa shape index (κ3) is 2.58. The van der Waals surface area contributed by atoms with E-state index in [4.69, 9.17) is 4.74 Å². The molecule has 26 heavy (non-hydrogen) atoms. The average Bonchev–Trinajstić information content (AvgIpc) is 3.05. The van der Waals surface area contributed by atoms with Crippen LogP contribution in [0.4, 0.5) is 0 Å². The Balaban J connectivity index is 2.05. The molecule has 0 bridgehead atoms. The monoisotopic (exact) mass is 366 g/mol. The highest BCUT2D eigenvalue weighted by molar-refractivity contribution is 7.77. The van der Waals surface area contributed by atoms with Crippen molar-refractivity contribution in [3.05, 3.63) is 66.2 Å². The molecule has 4 rings (SSSR count). The van der Waals surface area contributed by atoms with E-state index in [0.717, 1.165) is 16.3 Å². The van der Waals surface area contributed by atoms with E-state index in [1.165, 1.54) is 17.1 Å². The smallest absolute Gasteiger partial charge is 0.337 e. The van der Waals surface area contributed by atoms with E-state index in [2.05, 4.69) is 4.98 Å². The van der Waals surface area contributed by atoms with Gasteiger partial charge in [-0.05, 0) is 29.0 Å². The lowest BCUT2D eigenvalue weighted by Gasteiger charge is -2.08. The highest BCUT2D eigenvalue weighted by atomic mass is 32.2. The summed E-state index contributed by atoms with van der Waals surface area (Å²) in [5, 5.41) is 1.92. The molecule has 0 spiro atoms. The molecular weight excluding hydrogens is 352 g/mol. The molecule has 0 aliphatic rings. The lowest BCUT2D eigenvalue weighted by Crippen LogP contribution is -2.06. The van der Waals surface area contributed by atoms with Gasteiger partial charge in [0.25, 0.3) is 11.3 Å². The third-order valence-corrected chi connectivity index (χ3v) is 4.90. The Morgan fingerprint density at radius 1 is 1.12 bits per heavy atom. The molecule has 4 aromatic rings. The fourth-order valence-electron chi connectivity index (χ4n) is 3.05. The van der Waals surface area contributed by atoms with Crippen LogP contribution in [0.2, 0.25) is 0 Å². The van der Waals surface area contributed by atoms with Gasteiger partial charge in [-0.25, -0.2) is 18.0 Å². The average molecular weight is 366 g/mol. The number of esters is 1. The Hall–Kier alpha value is -3.03. The maximum absolute atomic E-state index is 12.1. The van der Waals surface area contributed by atoms with Crippen LogP contribution in [0, 0.1) is 0 Å². The SMILES string of the molecule is COC(=O)c1ccc2nc(-c3cccc4ccccc34)n(S(=O)O)c2c1. The van der Waals surface area contributed by atoms with Crippen molar-refractivity contribution in [1.82, 2.24) is 8.96 Å². The van der Waals surface area contributed by atoms with Gasteiger partial charge >= 0.3 is 5.97 Å². The second-order valence-electron chi connectivity index (χ2n) is 5.68. The standard InChI is InChI=1S/C19H14N2O4S/c1-25-19(22)13-9-10-16-17(11-13)21(26(23)24)18(20-16)15-8-4-6-12-5-2-3-7-14(12)15/h2-11H,1H3,(H,23,24). The first-order valence-corrected chi connectivity index (χ1v) is 8.87. The van der Waals surface area contributed by atoms with Crippen molar-refractivity contribution in [3.63, 3.8) is 0 Å². The molecule has 0 aliphatic heterocycles. The van der Waals surface area contributed by atoms with Crippen LogP contribution in [0.3, 0.4) is 0 Å². The van der Waals surface area contributed by atoms with Crippen LogP contribution in [0.25, 0.3) is 33.2 Å². The zero-order valence-corrected chi connectivity index (χ0v) is 14.6. The van der Waals surface area contributed by atoms with Crippen LogP contribution in [0.15, 0.2) is 60.7 Å². The fourth-order valence-corrected chi connectivity index (χ4v) is 3.65. The highest BCUT2D eigenvalue weighted by Gasteiger charge is 2.19. The van der Waals surface area contributed by atoms with Crippen molar-refractivity contribution >= 4 is 39.0 Å². The number of imidazole rings is 1. The van der Waals surface area contributed by atoms with Gasteiger partial charge in [-0.15, -0.1) is 0 Å². The maximum atomic E-state index is 12.1. The molecule has 7 heteroatoms. The fraction of sp³-hybridized carbons (Fsp3) is 0.0526. The van der Waals surface area contributed by atoms with Gasteiger partial charge in [0.05, 0.1) is 23.7 Å². The first-order valence-electron chi connectivity index (χ1n) is 7.80. The minimum atomic E-state index is -2.35. The van der Waals surface area contributed by atoms with Gasteiger partial charge in [0, 0.05) is 5.56 Å². The van der Waals surface area contributed by atoms with Gasteiger partial charge in [0.2, 0.25) is 0 Å². The van der Waals surface area contributed by atoms with E-state index in [1.807, 2.05) is 42.5 Å². The van der Waals surface area contributed by atoms with Gasteiger partial charge in [0.15, 0.2) is 5.82 Å². The number of carbonyl (C=O) groups excluding carboxylic acids is 1. The number of hydrogen-bond acceptors (Lipinski definition) is 4. The summed E-state index contributed by atoms with van der Waals surface area (Å²) in [5.74, 6) is -0.158. The van der Waals surface area contributed by atoms with E-state index >= 15 is 0 Å². The zero-order chi connectivity index (χ0) is 18.3. The van der Waals surface area contributed by atoms with Crippen LogP contribution >= 0.6 is 0 Å². The topological polar surface area (TPSA) is 81.4 Å². The number of ether oxygens (including phenoxy) is 1. The molecule has 0 aliphatic carbocycles. The lowest BCUT2D eigenvalue weighted by molar-refractivity contribution is 0.0601. The van der Waals surface area contributed by atoms with Crippen LogP contribution in [-0.2, 0) is 16.0 Å². The minimum Gasteiger partial charge on any atom is -0.465 e. The van der Waals surface area contributed by atoms with Crippen molar-refractivity contribution in [3.8, 4) is 11.4 Å². The Bertz CT molecular complexity index is 1180. The van der Waals surface area contributed by atoms with Crippen LogP contribution < -0.4 is 0 Å². The number of benzene rings is 3. The molecule has 130 valence electrons. The molecule has 0 fully saturated rings. The van der Waals surface area contributed by atoms with Crippen LogP contribution in [0.5, 0.6) is 0 Å². The summed E-state index contributed by atoms with van der Waals surface area (Å²) in [6.07, 6.45) is 0. The highest BCUT2D eigenvalue weighted by Crippen LogP contribution is 2.31. The van der Waals surface area contributed by atoms with Gasteiger partial charge in [0.1, 0.15) is 0 Å². The summed E-state index contributed by atoms with van der Waals surface area (Å²) in [7, 11) is 1.29. The summed E-state index contributed by atoms with van der Waals surface area (Å²) in [5.41, 5.74) is 1.93. The summed E-state index contributed by atoms with van der Waals surface area (Å²) < 4.78 is 27.9. The molecule has 1 aromatic heterocycles. The van der Waals surface area contributed by atoms with Gasteiger partial charge < -0.3 is 4.74 Å². The quantitative estimate of drug-likeness (QED) is 0.442. The van der Waals surface area contributed by atoms with Crippen molar-refractivity contribution < 1.29 is 18.3 Å². The largest absolute Gasteiger partial charge is 0.465 e. The summed E-state index contributed by atoms with van der Waals surface area (Å²) in [6.45, 7) is 0. The van der Waals surface area contributed by atoms with E-state index < -0.39 is 17.2 Å². The van der Waals surface area contributed by atoms with E-state index in [0.29, 0.717) is 16.9 Å². The Kier molecular flexibility index (Phi) is 4.02. The summed E-state index contributed by atoms with van der Waals surface area (Å²) in [4.78, 5) is 16.3. The molecule has 1 heterocycles. The molecular formula is C19H14N2O4S. The molecule has 0 radical (unpaired) electrons. The van der Waals surface area contributed by atoms with Crippen molar-refractivity contribution in [2.24, 2.45) is 0 Å². The lowest BCUT2D eigenvalue weighted by atomic mass is 10.0. The second kappa shape index (κ2) is 6.36. The Morgan fingerprint density at radius 2 is 1.88 bits per heavy atom. The molecule has 1 atom stereocenters. The molecule has 1 unspecified atom stereocenters. The number of aromatic nitrogens is 2. The molecule has 0 saturated carbocycles. The minimum absolute atomic E-state index is 0.288. The normalized spacial score (nSPS) is 12.4. The Labute approximate surface area is 151 Å². The van der Waals surface area contributed by atoms with Gasteiger partial charge in [-0.1, -0.05) is 42.5 Å². The van der Waals surface area contributed by atoms with E-state index in [9.17, 15) is 13.6 Å². The zero-order valence-electron chi connectivity index (χ0n) is 13.7.